The number of guanidine groups is 1. The molecule has 0 atom stereocenters. The Morgan fingerprint density at radius 3 is 2.08 bits per heavy atom. The predicted molar refractivity (Wildman–Crippen MR) is 95.5 cm³/mol. The number of non-ortho nitro benzene ring substituents is 1. The number of nitrogens with zero attached hydrogens (tertiary/aromatic N) is 3. The Morgan fingerprint density at radius 1 is 1.00 bits per heavy atom. The number of nitrogens with two attached hydrogens (primary N) is 2. The van der Waals surface area contributed by atoms with E-state index in [1.807, 2.05) is 0 Å². The SMILES string of the molecule is CC(=NN=C(N)N)c1ccc(NC(=O)c2ccc([N+](=O)[O-])cc2)cc1. The Balaban J connectivity index is 2.08. The van der Waals surface area contributed by atoms with Gasteiger partial charge in [-0.25, -0.2) is 0 Å². The van der Waals surface area contributed by atoms with Gasteiger partial charge in [0.05, 0.1) is 10.6 Å². The van der Waals surface area contributed by atoms with Crippen molar-refractivity contribution in [3.05, 3.63) is 69.8 Å². The number of nitro groups is 1. The molecule has 9 heteroatoms. The average molecular weight is 340 g/mol. The van der Waals surface area contributed by atoms with Crippen molar-refractivity contribution in [2.45, 2.75) is 6.92 Å². The molecule has 0 radical (unpaired) electrons. The van der Waals surface area contributed by atoms with Crippen LogP contribution in [0, 0.1) is 10.1 Å². The lowest BCUT2D eigenvalue weighted by Crippen LogP contribution is -2.22. The Labute approximate surface area is 143 Å². The first kappa shape index (κ1) is 17.6. The standard InChI is InChI=1S/C16H16N6O3/c1-10(20-21-16(17)18)11-2-6-13(7-3-11)19-15(23)12-4-8-14(9-5-12)22(24)25/h2-9H,1H3,(H,19,23)(H4,17,18,21). The largest absolute Gasteiger partial charge is 0.369 e. The van der Waals surface area contributed by atoms with Gasteiger partial charge in [0, 0.05) is 23.4 Å². The molecule has 0 fully saturated rings. The summed E-state index contributed by atoms with van der Waals surface area (Å²) in [5, 5.41) is 20.8. The smallest absolute Gasteiger partial charge is 0.269 e. The Bertz CT molecular complexity index is 837. The molecule has 2 aromatic rings. The van der Waals surface area contributed by atoms with E-state index in [1.165, 1.54) is 24.3 Å². The highest BCUT2D eigenvalue weighted by Crippen LogP contribution is 2.15. The number of carbonyl (C=O) groups excluding carboxylic acids is 1. The number of rotatable bonds is 5. The van der Waals surface area contributed by atoms with Crippen molar-refractivity contribution >= 4 is 29.0 Å². The molecule has 2 rings (SSSR count). The van der Waals surface area contributed by atoms with Gasteiger partial charge in [0.2, 0.25) is 5.96 Å². The Hall–Kier alpha value is -3.75. The molecule has 9 nitrogen and oxygen atoms in total. The molecule has 0 spiro atoms. The maximum atomic E-state index is 12.1. The van der Waals surface area contributed by atoms with E-state index in [0.29, 0.717) is 17.0 Å². The van der Waals surface area contributed by atoms with E-state index < -0.39 is 4.92 Å². The molecule has 0 saturated carbocycles. The number of benzene rings is 2. The van der Waals surface area contributed by atoms with E-state index in [1.54, 1.807) is 31.2 Å². The van der Waals surface area contributed by atoms with Gasteiger partial charge in [0.15, 0.2) is 0 Å². The second-order valence-corrected chi connectivity index (χ2v) is 5.05. The monoisotopic (exact) mass is 340 g/mol. The van der Waals surface area contributed by atoms with E-state index in [2.05, 4.69) is 15.5 Å². The molecule has 128 valence electrons. The van der Waals surface area contributed by atoms with Gasteiger partial charge in [-0.2, -0.15) is 5.10 Å². The zero-order valence-electron chi connectivity index (χ0n) is 13.3. The van der Waals surface area contributed by atoms with Crippen molar-refractivity contribution in [1.82, 2.24) is 0 Å². The summed E-state index contributed by atoms with van der Waals surface area (Å²) in [7, 11) is 0. The summed E-state index contributed by atoms with van der Waals surface area (Å²) in [4.78, 5) is 22.2. The number of anilines is 1. The van der Waals surface area contributed by atoms with Gasteiger partial charge in [-0.05, 0) is 36.8 Å². The van der Waals surface area contributed by atoms with Gasteiger partial charge in [0.1, 0.15) is 0 Å². The second kappa shape index (κ2) is 7.68. The van der Waals surface area contributed by atoms with Gasteiger partial charge >= 0.3 is 0 Å². The van der Waals surface area contributed by atoms with Gasteiger partial charge < -0.3 is 16.8 Å². The highest BCUT2D eigenvalue weighted by molar-refractivity contribution is 6.05. The van der Waals surface area contributed by atoms with Gasteiger partial charge in [-0.15, -0.1) is 5.10 Å². The van der Waals surface area contributed by atoms with Gasteiger partial charge in [-0.3, -0.25) is 14.9 Å². The van der Waals surface area contributed by atoms with Crippen molar-refractivity contribution in [3.8, 4) is 0 Å². The number of nitrogens with one attached hydrogen (secondary N) is 1. The van der Waals surface area contributed by atoms with E-state index in [-0.39, 0.29) is 17.6 Å². The van der Waals surface area contributed by atoms with Crippen LogP contribution < -0.4 is 16.8 Å². The van der Waals surface area contributed by atoms with E-state index in [9.17, 15) is 14.9 Å². The molecular weight excluding hydrogens is 324 g/mol. The van der Waals surface area contributed by atoms with Crippen LogP contribution in [0.25, 0.3) is 0 Å². The molecule has 0 aromatic heterocycles. The lowest BCUT2D eigenvalue weighted by Gasteiger charge is -2.06. The molecule has 0 aliphatic heterocycles. The highest BCUT2D eigenvalue weighted by atomic mass is 16.6. The molecular formula is C16H16N6O3. The third kappa shape index (κ3) is 4.86. The molecule has 2 aromatic carbocycles. The fourth-order valence-electron chi connectivity index (χ4n) is 1.92. The summed E-state index contributed by atoms with van der Waals surface area (Å²) >= 11 is 0. The molecule has 0 heterocycles. The van der Waals surface area contributed by atoms with Crippen LogP contribution in [0.2, 0.25) is 0 Å². The predicted octanol–water partition coefficient (Wildman–Crippen LogP) is 1.84. The molecule has 0 saturated heterocycles. The van der Waals surface area contributed by atoms with Crippen LogP contribution in [0.5, 0.6) is 0 Å². The molecule has 0 unspecified atom stereocenters. The van der Waals surface area contributed by atoms with Crippen LogP contribution in [0.3, 0.4) is 0 Å². The lowest BCUT2D eigenvalue weighted by atomic mass is 10.1. The number of carbonyl (C=O) groups is 1. The van der Waals surface area contributed by atoms with Crippen LogP contribution >= 0.6 is 0 Å². The highest BCUT2D eigenvalue weighted by Gasteiger charge is 2.09. The molecule has 0 aliphatic rings. The first-order chi connectivity index (χ1) is 11.9. The van der Waals surface area contributed by atoms with Crippen LogP contribution in [0.4, 0.5) is 11.4 Å². The van der Waals surface area contributed by atoms with Gasteiger partial charge in [0.25, 0.3) is 11.6 Å². The second-order valence-electron chi connectivity index (χ2n) is 5.05. The Kier molecular flexibility index (Phi) is 5.41. The van der Waals surface area contributed by atoms with Crippen molar-refractivity contribution in [1.29, 1.82) is 0 Å². The number of nitro benzene ring substituents is 1. The summed E-state index contributed by atoms with van der Waals surface area (Å²) in [6.07, 6.45) is 0. The lowest BCUT2D eigenvalue weighted by molar-refractivity contribution is -0.384. The third-order valence-electron chi connectivity index (χ3n) is 3.22. The molecule has 5 N–H and O–H groups in total. The number of amides is 1. The van der Waals surface area contributed by atoms with Crippen LogP contribution in [0.15, 0.2) is 58.7 Å². The fourth-order valence-corrected chi connectivity index (χ4v) is 1.92. The van der Waals surface area contributed by atoms with Crippen molar-refractivity contribution in [2.24, 2.45) is 21.7 Å². The molecule has 25 heavy (non-hydrogen) atoms. The quantitative estimate of drug-likeness (QED) is 0.328. The van der Waals surface area contributed by atoms with Crippen molar-refractivity contribution < 1.29 is 9.72 Å². The van der Waals surface area contributed by atoms with Crippen LogP contribution in [0.1, 0.15) is 22.8 Å². The first-order valence-electron chi connectivity index (χ1n) is 7.16. The van der Waals surface area contributed by atoms with Crippen molar-refractivity contribution in [3.63, 3.8) is 0 Å². The summed E-state index contributed by atoms with van der Waals surface area (Å²) < 4.78 is 0. The van der Waals surface area contributed by atoms with E-state index >= 15 is 0 Å². The zero-order valence-corrected chi connectivity index (χ0v) is 13.3. The molecule has 1 amide bonds. The number of hydrogen-bond acceptors (Lipinski definition) is 5. The normalized spacial score (nSPS) is 10.8. The maximum absolute atomic E-state index is 12.1. The van der Waals surface area contributed by atoms with Crippen molar-refractivity contribution in [2.75, 3.05) is 5.32 Å². The Morgan fingerprint density at radius 2 is 1.56 bits per heavy atom. The minimum atomic E-state index is -0.521. The minimum absolute atomic E-state index is 0.0727. The van der Waals surface area contributed by atoms with Gasteiger partial charge in [-0.1, -0.05) is 12.1 Å². The maximum Gasteiger partial charge on any atom is 0.269 e. The summed E-state index contributed by atoms with van der Waals surface area (Å²) in [5.74, 6) is -0.500. The first-order valence-corrected chi connectivity index (χ1v) is 7.16. The van der Waals surface area contributed by atoms with Crippen LogP contribution in [-0.4, -0.2) is 22.5 Å². The zero-order chi connectivity index (χ0) is 18.4. The molecule has 0 bridgehead atoms. The van der Waals surface area contributed by atoms with Crippen LogP contribution in [-0.2, 0) is 0 Å². The fraction of sp³-hybridized carbons (Fsp3) is 0.0625. The number of hydrogen-bond donors (Lipinski definition) is 3. The topological polar surface area (TPSA) is 149 Å². The van der Waals surface area contributed by atoms with E-state index in [4.69, 9.17) is 11.5 Å². The summed E-state index contributed by atoms with van der Waals surface area (Å²) in [6, 6.07) is 12.3. The molecule has 0 aliphatic carbocycles. The average Bonchev–Trinajstić information content (AvgIpc) is 2.60. The summed E-state index contributed by atoms with van der Waals surface area (Å²) in [5.41, 5.74) is 12.7. The van der Waals surface area contributed by atoms with E-state index in [0.717, 1.165) is 5.56 Å². The third-order valence-corrected chi connectivity index (χ3v) is 3.22. The summed E-state index contributed by atoms with van der Waals surface area (Å²) in [6.45, 7) is 1.75. The minimum Gasteiger partial charge on any atom is -0.369 e.